The molecule has 0 aliphatic heterocycles. The van der Waals surface area contributed by atoms with E-state index in [1.807, 2.05) is 6.07 Å². The van der Waals surface area contributed by atoms with E-state index in [-0.39, 0.29) is 0 Å². The summed E-state index contributed by atoms with van der Waals surface area (Å²) in [5.41, 5.74) is 0. The van der Waals surface area contributed by atoms with E-state index in [0.29, 0.717) is 0 Å². The number of rotatable bonds is 0. The molecule has 0 aromatic carbocycles. The summed E-state index contributed by atoms with van der Waals surface area (Å²) in [6.07, 6.45) is 7.75. The van der Waals surface area contributed by atoms with Gasteiger partial charge in [0.05, 0.1) is 6.07 Å². The molecule has 1 atom stereocenters. The van der Waals surface area contributed by atoms with Gasteiger partial charge in [-0.25, -0.2) is 4.39 Å². The van der Waals surface area contributed by atoms with Gasteiger partial charge in [-0.2, -0.15) is 5.26 Å². The molecular formula is C8H6FN. The Balaban J connectivity index is 2.88. The highest BCUT2D eigenvalue weighted by molar-refractivity contribution is 5.27. The fourth-order valence-electron chi connectivity index (χ4n) is 0.687. The van der Waals surface area contributed by atoms with E-state index in [1.165, 1.54) is 12.2 Å². The second kappa shape index (κ2) is 2.98. The zero-order valence-electron chi connectivity index (χ0n) is 5.29. The minimum absolute atomic E-state index is 0.396. The number of hydrogen-bond donors (Lipinski definition) is 0. The van der Waals surface area contributed by atoms with Crippen LogP contribution < -0.4 is 0 Å². The first kappa shape index (κ1) is 6.76. The lowest BCUT2D eigenvalue weighted by atomic mass is 10.1. The van der Waals surface area contributed by atoms with Gasteiger partial charge in [-0.3, -0.25) is 0 Å². The molecule has 0 aromatic heterocycles. The highest BCUT2D eigenvalue weighted by atomic mass is 19.1. The Kier molecular flexibility index (Phi) is 2.01. The third-order valence-electron chi connectivity index (χ3n) is 1.22. The Morgan fingerprint density at radius 3 is 2.90 bits per heavy atom. The molecule has 1 rings (SSSR count). The van der Waals surface area contributed by atoms with Gasteiger partial charge in [0.15, 0.2) is 0 Å². The van der Waals surface area contributed by atoms with Crippen molar-refractivity contribution in [1.82, 2.24) is 0 Å². The van der Waals surface area contributed by atoms with Crippen molar-refractivity contribution in [2.45, 2.75) is 0 Å². The molecule has 1 unspecified atom stereocenters. The quantitative estimate of drug-likeness (QED) is 0.499. The van der Waals surface area contributed by atoms with Crippen LogP contribution in [-0.4, -0.2) is 0 Å². The van der Waals surface area contributed by atoms with Crippen molar-refractivity contribution < 1.29 is 4.39 Å². The van der Waals surface area contributed by atoms with E-state index in [9.17, 15) is 4.39 Å². The van der Waals surface area contributed by atoms with Gasteiger partial charge in [0.1, 0.15) is 11.7 Å². The molecule has 0 bridgehead atoms. The van der Waals surface area contributed by atoms with Crippen molar-refractivity contribution in [1.29, 1.82) is 5.26 Å². The van der Waals surface area contributed by atoms with Crippen molar-refractivity contribution in [3.8, 4) is 6.07 Å². The summed E-state index contributed by atoms with van der Waals surface area (Å²) < 4.78 is 12.6. The predicted octanol–water partition coefficient (Wildman–Crippen LogP) is 2.11. The van der Waals surface area contributed by atoms with Crippen LogP contribution in [0.3, 0.4) is 0 Å². The summed E-state index contributed by atoms with van der Waals surface area (Å²) >= 11 is 0. The molecule has 0 fully saturated rings. The van der Waals surface area contributed by atoms with E-state index in [0.717, 1.165) is 0 Å². The zero-order valence-corrected chi connectivity index (χ0v) is 5.29. The minimum Gasteiger partial charge on any atom is -0.210 e. The van der Waals surface area contributed by atoms with Crippen LogP contribution in [0.4, 0.5) is 4.39 Å². The first-order chi connectivity index (χ1) is 4.84. The van der Waals surface area contributed by atoms with Crippen LogP contribution in [0.5, 0.6) is 0 Å². The monoisotopic (exact) mass is 135 g/mol. The molecule has 0 saturated heterocycles. The number of hydrogen-bond acceptors (Lipinski definition) is 1. The Morgan fingerprint density at radius 2 is 2.20 bits per heavy atom. The molecular weight excluding hydrogens is 129 g/mol. The Bertz CT molecular complexity index is 242. The molecule has 1 nitrogen and oxygen atoms in total. The van der Waals surface area contributed by atoms with Gasteiger partial charge in [0.25, 0.3) is 0 Å². The molecule has 0 amide bonds. The second-order valence-corrected chi connectivity index (χ2v) is 1.93. The maximum absolute atomic E-state index is 12.6. The van der Waals surface area contributed by atoms with Crippen molar-refractivity contribution >= 4 is 0 Å². The average molecular weight is 135 g/mol. The fourth-order valence-corrected chi connectivity index (χ4v) is 0.687. The van der Waals surface area contributed by atoms with Gasteiger partial charge in [-0.1, -0.05) is 24.3 Å². The van der Waals surface area contributed by atoms with Gasteiger partial charge in [-0.15, -0.1) is 0 Å². The van der Waals surface area contributed by atoms with Crippen molar-refractivity contribution in [3.05, 3.63) is 36.2 Å². The van der Waals surface area contributed by atoms with Crippen LogP contribution >= 0.6 is 0 Å². The van der Waals surface area contributed by atoms with E-state index < -0.39 is 11.7 Å². The van der Waals surface area contributed by atoms with Gasteiger partial charge < -0.3 is 0 Å². The van der Waals surface area contributed by atoms with Gasteiger partial charge in [-0.05, 0) is 6.08 Å². The normalized spacial score (nSPS) is 23.2. The molecule has 50 valence electrons. The number of halogens is 1. The highest BCUT2D eigenvalue weighted by Crippen LogP contribution is 2.15. The highest BCUT2D eigenvalue weighted by Gasteiger charge is 2.08. The number of allylic oxidation sites excluding steroid dienone is 6. The summed E-state index contributed by atoms with van der Waals surface area (Å²) in [5, 5.41) is 8.38. The first-order valence-electron chi connectivity index (χ1n) is 2.95. The lowest BCUT2D eigenvalue weighted by molar-refractivity contribution is 0.578. The SMILES string of the molecule is N#CC1C=CC=CC=C1F. The minimum atomic E-state index is -0.699. The first-order valence-corrected chi connectivity index (χ1v) is 2.95. The van der Waals surface area contributed by atoms with Crippen LogP contribution in [0.25, 0.3) is 0 Å². The fraction of sp³-hybridized carbons (Fsp3) is 0.125. The van der Waals surface area contributed by atoms with Gasteiger partial charge >= 0.3 is 0 Å². The predicted molar refractivity (Wildman–Crippen MR) is 36.6 cm³/mol. The lowest BCUT2D eigenvalue weighted by Gasteiger charge is -1.94. The zero-order chi connectivity index (χ0) is 7.40. The van der Waals surface area contributed by atoms with Crippen LogP contribution in [0.1, 0.15) is 0 Å². The van der Waals surface area contributed by atoms with E-state index in [2.05, 4.69) is 0 Å². The van der Waals surface area contributed by atoms with Crippen molar-refractivity contribution in [3.63, 3.8) is 0 Å². The Morgan fingerprint density at radius 1 is 1.40 bits per heavy atom. The molecule has 1 aliphatic rings. The van der Waals surface area contributed by atoms with Gasteiger partial charge in [0.2, 0.25) is 0 Å². The Hall–Kier alpha value is -1.36. The molecule has 0 spiro atoms. The average Bonchev–Trinajstić information content (AvgIpc) is 2.13. The van der Waals surface area contributed by atoms with E-state index in [4.69, 9.17) is 5.26 Å². The van der Waals surface area contributed by atoms with Crippen molar-refractivity contribution in [2.24, 2.45) is 5.92 Å². The molecule has 10 heavy (non-hydrogen) atoms. The third-order valence-corrected chi connectivity index (χ3v) is 1.22. The van der Waals surface area contributed by atoms with Crippen LogP contribution in [0, 0.1) is 17.2 Å². The topological polar surface area (TPSA) is 23.8 Å². The largest absolute Gasteiger partial charge is 0.210 e. The Labute approximate surface area is 58.8 Å². The molecule has 1 aliphatic carbocycles. The lowest BCUT2D eigenvalue weighted by Crippen LogP contribution is -1.90. The smallest absolute Gasteiger partial charge is 0.121 e. The van der Waals surface area contributed by atoms with Crippen LogP contribution in [0.2, 0.25) is 0 Å². The second-order valence-electron chi connectivity index (χ2n) is 1.93. The molecule has 0 N–H and O–H groups in total. The van der Waals surface area contributed by atoms with Crippen LogP contribution in [-0.2, 0) is 0 Å². The van der Waals surface area contributed by atoms with Gasteiger partial charge in [0, 0.05) is 0 Å². The summed E-state index contributed by atoms with van der Waals surface area (Å²) in [5.74, 6) is -1.09. The van der Waals surface area contributed by atoms with E-state index in [1.54, 1.807) is 18.2 Å². The van der Waals surface area contributed by atoms with E-state index >= 15 is 0 Å². The number of nitrogens with zero attached hydrogens (tertiary/aromatic N) is 1. The molecule has 0 saturated carbocycles. The van der Waals surface area contributed by atoms with Crippen LogP contribution in [0.15, 0.2) is 36.2 Å². The molecule has 0 heterocycles. The van der Waals surface area contributed by atoms with Crippen molar-refractivity contribution in [2.75, 3.05) is 0 Å². The standard InChI is InChI=1S/C8H6FN/c9-8-5-3-1-2-4-7(8)6-10/h1-5,7H. The summed E-state index contributed by atoms with van der Waals surface area (Å²) in [7, 11) is 0. The maximum atomic E-state index is 12.6. The summed E-state index contributed by atoms with van der Waals surface area (Å²) in [6.45, 7) is 0. The summed E-state index contributed by atoms with van der Waals surface area (Å²) in [4.78, 5) is 0. The third kappa shape index (κ3) is 1.32. The number of nitriles is 1. The maximum Gasteiger partial charge on any atom is 0.121 e. The molecule has 2 heteroatoms. The molecule has 0 radical (unpaired) electrons. The molecule has 0 aromatic rings. The summed E-state index contributed by atoms with van der Waals surface area (Å²) in [6, 6.07) is 1.82.